The van der Waals surface area contributed by atoms with Gasteiger partial charge in [-0.1, -0.05) is 19.1 Å². The molecule has 2 atom stereocenters. The van der Waals surface area contributed by atoms with Crippen molar-refractivity contribution in [3.63, 3.8) is 0 Å². The molecule has 2 unspecified atom stereocenters. The number of likely N-dealkylation sites (tertiary alicyclic amines) is 1. The second kappa shape index (κ2) is 6.06. The van der Waals surface area contributed by atoms with E-state index in [4.69, 9.17) is 10.5 Å². The number of piperidine rings is 1. The Labute approximate surface area is 114 Å². The first-order chi connectivity index (χ1) is 9.10. The van der Waals surface area contributed by atoms with Gasteiger partial charge in [-0.2, -0.15) is 0 Å². The van der Waals surface area contributed by atoms with E-state index in [0.717, 1.165) is 24.3 Å². The van der Waals surface area contributed by atoms with Gasteiger partial charge in [0.15, 0.2) is 0 Å². The molecule has 1 aliphatic heterocycles. The van der Waals surface area contributed by atoms with Crippen LogP contribution in [0.3, 0.4) is 0 Å². The number of nitrogens with two attached hydrogens (primary N) is 1. The molecule has 104 valence electrons. The molecule has 1 amide bonds. The van der Waals surface area contributed by atoms with Crippen LogP contribution in [-0.4, -0.2) is 37.0 Å². The number of hydrogen-bond acceptors (Lipinski definition) is 3. The van der Waals surface area contributed by atoms with Crippen molar-refractivity contribution in [2.24, 2.45) is 11.7 Å². The molecule has 1 aromatic rings. The molecule has 0 bridgehead atoms. The lowest BCUT2D eigenvalue weighted by Crippen LogP contribution is -2.50. The van der Waals surface area contributed by atoms with Crippen LogP contribution in [0, 0.1) is 5.92 Å². The van der Waals surface area contributed by atoms with Gasteiger partial charge in [-0.05, 0) is 30.0 Å². The minimum Gasteiger partial charge on any atom is -0.497 e. The molecule has 1 aliphatic rings. The molecule has 0 aliphatic carbocycles. The minimum atomic E-state index is 0.105. The van der Waals surface area contributed by atoms with Crippen LogP contribution >= 0.6 is 0 Å². The summed E-state index contributed by atoms with van der Waals surface area (Å²) in [5.41, 5.74) is 7.04. The molecular weight excluding hydrogens is 240 g/mol. The summed E-state index contributed by atoms with van der Waals surface area (Å²) in [6.07, 6.45) is 1.43. The van der Waals surface area contributed by atoms with Crippen LogP contribution in [0.1, 0.15) is 18.9 Å². The third-order valence-corrected chi connectivity index (χ3v) is 3.88. The van der Waals surface area contributed by atoms with Crippen LogP contribution in [0.15, 0.2) is 24.3 Å². The summed E-state index contributed by atoms with van der Waals surface area (Å²) in [6.45, 7) is 3.65. The maximum Gasteiger partial charge on any atom is 0.227 e. The summed E-state index contributed by atoms with van der Waals surface area (Å²) < 4.78 is 5.10. The predicted octanol–water partition coefficient (Wildman–Crippen LogP) is 1.43. The molecule has 2 N–H and O–H groups in total. The fraction of sp³-hybridized carbons (Fsp3) is 0.533. The lowest BCUT2D eigenvalue weighted by atomic mass is 9.94. The van der Waals surface area contributed by atoms with Crippen molar-refractivity contribution in [3.8, 4) is 5.75 Å². The first-order valence-electron chi connectivity index (χ1n) is 6.76. The molecular formula is C15H22N2O2. The van der Waals surface area contributed by atoms with Crippen LogP contribution in [-0.2, 0) is 11.2 Å². The SMILES string of the molecule is COc1ccc(CC(=O)N2CCC(C)C(N)C2)cc1. The summed E-state index contributed by atoms with van der Waals surface area (Å²) in [6, 6.07) is 7.74. The van der Waals surface area contributed by atoms with E-state index < -0.39 is 0 Å². The molecule has 0 aromatic heterocycles. The summed E-state index contributed by atoms with van der Waals surface area (Å²) >= 11 is 0. The highest BCUT2D eigenvalue weighted by atomic mass is 16.5. The second-order valence-corrected chi connectivity index (χ2v) is 5.29. The van der Waals surface area contributed by atoms with Crippen molar-refractivity contribution >= 4 is 5.91 Å². The van der Waals surface area contributed by atoms with E-state index in [2.05, 4.69) is 6.92 Å². The number of benzene rings is 1. The van der Waals surface area contributed by atoms with Crippen LogP contribution in [0.4, 0.5) is 0 Å². The van der Waals surface area contributed by atoms with Crippen molar-refractivity contribution in [3.05, 3.63) is 29.8 Å². The molecule has 0 radical (unpaired) electrons. The minimum absolute atomic E-state index is 0.105. The van der Waals surface area contributed by atoms with Gasteiger partial charge < -0.3 is 15.4 Å². The maximum atomic E-state index is 12.2. The topological polar surface area (TPSA) is 55.6 Å². The number of ether oxygens (including phenoxy) is 1. The molecule has 2 rings (SSSR count). The van der Waals surface area contributed by atoms with Crippen molar-refractivity contribution in [1.82, 2.24) is 4.90 Å². The van der Waals surface area contributed by atoms with Crippen molar-refractivity contribution < 1.29 is 9.53 Å². The van der Waals surface area contributed by atoms with Crippen LogP contribution in [0.25, 0.3) is 0 Å². The summed E-state index contributed by atoms with van der Waals surface area (Å²) in [5.74, 6) is 1.47. The lowest BCUT2D eigenvalue weighted by Gasteiger charge is -2.35. The van der Waals surface area contributed by atoms with E-state index in [0.29, 0.717) is 18.9 Å². The fourth-order valence-corrected chi connectivity index (χ4v) is 2.36. The highest BCUT2D eigenvalue weighted by Gasteiger charge is 2.26. The van der Waals surface area contributed by atoms with Gasteiger partial charge in [-0.25, -0.2) is 0 Å². The standard InChI is InChI=1S/C15H22N2O2/c1-11-7-8-17(10-14(11)16)15(18)9-12-3-5-13(19-2)6-4-12/h3-6,11,14H,7-10,16H2,1-2H3. The average molecular weight is 262 g/mol. The Bertz CT molecular complexity index is 430. The van der Waals surface area contributed by atoms with Crippen LogP contribution in [0.2, 0.25) is 0 Å². The van der Waals surface area contributed by atoms with E-state index in [1.807, 2.05) is 29.2 Å². The Morgan fingerprint density at radius 1 is 1.42 bits per heavy atom. The van der Waals surface area contributed by atoms with E-state index in [1.165, 1.54) is 0 Å². The average Bonchev–Trinajstić information content (AvgIpc) is 2.42. The Balaban J connectivity index is 1.93. The van der Waals surface area contributed by atoms with Gasteiger partial charge in [0.25, 0.3) is 0 Å². The number of carbonyl (C=O) groups is 1. The Morgan fingerprint density at radius 2 is 2.11 bits per heavy atom. The maximum absolute atomic E-state index is 12.2. The Hall–Kier alpha value is -1.55. The third-order valence-electron chi connectivity index (χ3n) is 3.88. The van der Waals surface area contributed by atoms with Gasteiger partial charge in [0.2, 0.25) is 5.91 Å². The van der Waals surface area contributed by atoms with Gasteiger partial charge in [0.1, 0.15) is 5.75 Å². The van der Waals surface area contributed by atoms with Crippen molar-refractivity contribution in [1.29, 1.82) is 0 Å². The van der Waals surface area contributed by atoms with Gasteiger partial charge >= 0.3 is 0 Å². The molecule has 0 saturated carbocycles. The monoisotopic (exact) mass is 262 g/mol. The van der Waals surface area contributed by atoms with E-state index >= 15 is 0 Å². The lowest BCUT2D eigenvalue weighted by molar-refractivity contribution is -0.132. The summed E-state index contributed by atoms with van der Waals surface area (Å²) in [7, 11) is 1.64. The van der Waals surface area contributed by atoms with Crippen molar-refractivity contribution in [2.45, 2.75) is 25.8 Å². The van der Waals surface area contributed by atoms with E-state index in [9.17, 15) is 4.79 Å². The number of amides is 1. The van der Waals surface area contributed by atoms with Gasteiger partial charge in [0.05, 0.1) is 13.5 Å². The molecule has 19 heavy (non-hydrogen) atoms. The van der Waals surface area contributed by atoms with Crippen LogP contribution in [0.5, 0.6) is 5.75 Å². The molecule has 0 spiro atoms. The van der Waals surface area contributed by atoms with Crippen LogP contribution < -0.4 is 10.5 Å². The highest BCUT2D eigenvalue weighted by Crippen LogP contribution is 2.17. The Kier molecular flexibility index (Phi) is 4.43. The fourth-order valence-electron chi connectivity index (χ4n) is 2.36. The zero-order chi connectivity index (χ0) is 13.8. The molecule has 1 fully saturated rings. The first-order valence-corrected chi connectivity index (χ1v) is 6.76. The third kappa shape index (κ3) is 3.47. The normalized spacial score (nSPS) is 23.2. The Morgan fingerprint density at radius 3 is 2.68 bits per heavy atom. The zero-order valence-electron chi connectivity index (χ0n) is 11.6. The number of nitrogens with zero attached hydrogens (tertiary/aromatic N) is 1. The number of hydrogen-bond donors (Lipinski definition) is 1. The van der Waals surface area contributed by atoms with Gasteiger partial charge in [0, 0.05) is 19.1 Å². The number of carbonyl (C=O) groups excluding carboxylic acids is 1. The highest BCUT2D eigenvalue weighted by molar-refractivity contribution is 5.79. The van der Waals surface area contributed by atoms with Crippen molar-refractivity contribution in [2.75, 3.05) is 20.2 Å². The number of rotatable bonds is 3. The molecule has 1 heterocycles. The predicted molar refractivity (Wildman–Crippen MR) is 75.0 cm³/mol. The summed E-state index contributed by atoms with van der Waals surface area (Å²) in [4.78, 5) is 14.1. The molecule has 4 heteroatoms. The quantitative estimate of drug-likeness (QED) is 0.896. The van der Waals surface area contributed by atoms with E-state index in [1.54, 1.807) is 7.11 Å². The molecule has 1 saturated heterocycles. The molecule has 1 aromatic carbocycles. The van der Waals surface area contributed by atoms with Gasteiger partial charge in [-0.15, -0.1) is 0 Å². The second-order valence-electron chi connectivity index (χ2n) is 5.29. The van der Waals surface area contributed by atoms with Gasteiger partial charge in [-0.3, -0.25) is 4.79 Å². The summed E-state index contributed by atoms with van der Waals surface area (Å²) in [5, 5.41) is 0. The largest absolute Gasteiger partial charge is 0.497 e. The number of methoxy groups -OCH3 is 1. The smallest absolute Gasteiger partial charge is 0.227 e. The zero-order valence-corrected chi connectivity index (χ0v) is 11.6. The van der Waals surface area contributed by atoms with E-state index in [-0.39, 0.29) is 11.9 Å². The molecule has 4 nitrogen and oxygen atoms in total. The first kappa shape index (κ1) is 13.9.